The Bertz CT molecular complexity index is 816. The van der Waals surface area contributed by atoms with Gasteiger partial charge in [0, 0.05) is 25.0 Å². The van der Waals surface area contributed by atoms with Gasteiger partial charge in [0.05, 0.1) is 18.6 Å². The van der Waals surface area contributed by atoms with Crippen LogP contribution in [-0.2, 0) is 19.6 Å². The summed E-state index contributed by atoms with van der Waals surface area (Å²) in [5.74, 6) is 0.740. The zero-order valence-corrected chi connectivity index (χ0v) is 17.0. The average molecular weight is 410 g/mol. The van der Waals surface area contributed by atoms with Crippen molar-refractivity contribution >= 4 is 21.8 Å². The third-order valence-corrected chi connectivity index (χ3v) is 7.30. The van der Waals surface area contributed by atoms with E-state index in [2.05, 4.69) is 10.6 Å². The molecule has 2 amide bonds. The number of piperidine rings is 1. The van der Waals surface area contributed by atoms with E-state index in [1.807, 2.05) is 6.92 Å². The number of rotatable bonds is 7. The van der Waals surface area contributed by atoms with Crippen molar-refractivity contribution in [1.29, 1.82) is 0 Å². The molecule has 2 N–H and O–H groups in total. The first kappa shape index (κ1) is 20.6. The fourth-order valence-corrected chi connectivity index (χ4v) is 4.87. The van der Waals surface area contributed by atoms with Crippen molar-refractivity contribution in [2.24, 2.45) is 11.8 Å². The maximum absolute atomic E-state index is 12.7. The lowest BCUT2D eigenvalue weighted by Crippen LogP contribution is -2.48. The molecular weight excluding hydrogens is 382 g/mol. The van der Waals surface area contributed by atoms with Gasteiger partial charge in [-0.3, -0.25) is 9.59 Å². The van der Waals surface area contributed by atoms with E-state index in [0.717, 1.165) is 6.42 Å². The van der Waals surface area contributed by atoms with Crippen LogP contribution in [0.15, 0.2) is 29.2 Å². The second-order valence-electron chi connectivity index (χ2n) is 7.46. The highest BCUT2D eigenvalue weighted by atomic mass is 32.2. The Kier molecular flexibility index (Phi) is 6.24. The third kappa shape index (κ3) is 4.82. The molecule has 28 heavy (non-hydrogen) atoms. The monoisotopic (exact) mass is 409 g/mol. The summed E-state index contributed by atoms with van der Waals surface area (Å²) >= 11 is 0. The van der Waals surface area contributed by atoms with Gasteiger partial charge in [0.2, 0.25) is 21.8 Å². The Balaban J connectivity index is 1.45. The highest BCUT2D eigenvalue weighted by Gasteiger charge is 2.39. The molecule has 0 aromatic heterocycles. The second kappa shape index (κ2) is 8.48. The maximum Gasteiger partial charge on any atom is 0.243 e. The Labute approximate surface area is 165 Å². The standard InChI is InChI=1S/C19H27N3O5S/c1-13-11-17(13)19(24)20-12-18(23)21-14-7-9-22(10-8-14)28(25,26)16-5-3-15(27-2)4-6-16/h3-6,13-14,17H,7-12H2,1-2H3,(H,20,24)(H,21,23). The fraction of sp³-hybridized carbons (Fsp3) is 0.579. The lowest BCUT2D eigenvalue weighted by atomic mass is 10.1. The SMILES string of the molecule is COc1ccc(S(=O)(=O)N2CCC(NC(=O)CNC(=O)C3CC3C)CC2)cc1. The Hall–Kier alpha value is -2.13. The van der Waals surface area contributed by atoms with Crippen LogP contribution in [0.2, 0.25) is 0 Å². The van der Waals surface area contributed by atoms with Gasteiger partial charge < -0.3 is 15.4 Å². The van der Waals surface area contributed by atoms with Crippen molar-refractivity contribution in [3.63, 3.8) is 0 Å². The molecular formula is C19H27N3O5S. The molecule has 1 saturated heterocycles. The van der Waals surface area contributed by atoms with Crippen LogP contribution in [0, 0.1) is 11.8 Å². The summed E-state index contributed by atoms with van der Waals surface area (Å²) in [5.41, 5.74) is 0. The smallest absolute Gasteiger partial charge is 0.243 e. The minimum absolute atomic E-state index is 0.0353. The van der Waals surface area contributed by atoms with E-state index in [4.69, 9.17) is 4.74 Å². The first-order valence-electron chi connectivity index (χ1n) is 9.52. The summed E-state index contributed by atoms with van der Waals surface area (Å²) in [6.07, 6.45) is 1.96. The number of carbonyl (C=O) groups is 2. The number of nitrogens with zero attached hydrogens (tertiary/aromatic N) is 1. The minimum Gasteiger partial charge on any atom is -0.497 e. The lowest BCUT2D eigenvalue weighted by molar-refractivity contribution is -0.127. The summed E-state index contributed by atoms with van der Waals surface area (Å²) in [6, 6.07) is 6.22. The van der Waals surface area contributed by atoms with E-state index in [-0.39, 0.29) is 35.2 Å². The molecule has 1 aliphatic heterocycles. The molecule has 0 bridgehead atoms. The quantitative estimate of drug-likeness (QED) is 0.691. The van der Waals surface area contributed by atoms with E-state index in [9.17, 15) is 18.0 Å². The molecule has 2 fully saturated rings. The summed E-state index contributed by atoms with van der Waals surface area (Å²) in [5, 5.41) is 5.54. The van der Waals surface area contributed by atoms with Crippen molar-refractivity contribution < 1.29 is 22.7 Å². The largest absolute Gasteiger partial charge is 0.497 e. The minimum atomic E-state index is -3.56. The predicted molar refractivity (Wildman–Crippen MR) is 103 cm³/mol. The van der Waals surface area contributed by atoms with Gasteiger partial charge in [0.1, 0.15) is 5.75 Å². The molecule has 0 spiro atoms. The summed E-state index contributed by atoms with van der Waals surface area (Å²) in [4.78, 5) is 24.0. The van der Waals surface area contributed by atoms with Crippen LogP contribution in [0.4, 0.5) is 0 Å². The molecule has 154 valence electrons. The zero-order valence-electron chi connectivity index (χ0n) is 16.2. The summed E-state index contributed by atoms with van der Waals surface area (Å²) < 4.78 is 32.0. The molecule has 0 radical (unpaired) electrons. The van der Waals surface area contributed by atoms with Gasteiger partial charge in [0.25, 0.3) is 0 Å². The Morgan fingerprint density at radius 2 is 1.79 bits per heavy atom. The molecule has 1 aromatic carbocycles. The Morgan fingerprint density at radius 3 is 2.32 bits per heavy atom. The molecule has 1 heterocycles. The molecule has 1 aliphatic carbocycles. The summed E-state index contributed by atoms with van der Waals surface area (Å²) in [7, 11) is -2.03. The average Bonchev–Trinajstić information content (AvgIpc) is 3.43. The van der Waals surface area contributed by atoms with Gasteiger partial charge in [-0.15, -0.1) is 0 Å². The Morgan fingerprint density at radius 1 is 1.18 bits per heavy atom. The van der Waals surface area contributed by atoms with Gasteiger partial charge in [-0.1, -0.05) is 6.92 Å². The van der Waals surface area contributed by atoms with Crippen LogP contribution in [0.5, 0.6) is 5.75 Å². The molecule has 2 aliphatic rings. The maximum atomic E-state index is 12.7. The lowest BCUT2D eigenvalue weighted by Gasteiger charge is -2.31. The van der Waals surface area contributed by atoms with Crippen molar-refractivity contribution in [2.45, 2.75) is 37.1 Å². The van der Waals surface area contributed by atoms with Gasteiger partial charge in [0.15, 0.2) is 0 Å². The van der Waals surface area contributed by atoms with Crippen molar-refractivity contribution in [1.82, 2.24) is 14.9 Å². The topological polar surface area (TPSA) is 105 Å². The van der Waals surface area contributed by atoms with Crippen LogP contribution in [0.25, 0.3) is 0 Å². The third-order valence-electron chi connectivity index (χ3n) is 5.39. The summed E-state index contributed by atoms with van der Waals surface area (Å²) in [6.45, 7) is 2.65. The molecule has 2 atom stereocenters. The van der Waals surface area contributed by atoms with Gasteiger partial charge in [-0.2, -0.15) is 4.31 Å². The number of nitrogens with one attached hydrogen (secondary N) is 2. The van der Waals surface area contributed by atoms with E-state index in [1.165, 1.54) is 23.5 Å². The zero-order chi connectivity index (χ0) is 20.3. The van der Waals surface area contributed by atoms with Crippen LogP contribution in [0.3, 0.4) is 0 Å². The van der Waals surface area contributed by atoms with Crippen LogP contribution < -0.4 is 15.4 Å². The molecule has 3 rings (SSSR count). The predicted octanol–water partition coefficient (Wildman–Crippen LogP) is 0.737. The number of methoxy groups -OCH3 is 1. The first-order chi connectivity index (χ1) is 13.3. The molecule has 1 aromatic rings. The number of benzene rings is 1. The van der Waals surface area contributed by atoms with E-state index in [0.29, 0.717) is 37.6 Å². The molecule has 1 saturated carbocycles. The van der Waals surface area contributed by atoms with Crippen molar-refractivity contribution in [2.75, 3.05) is 26.7 Å². The van der Waals surface area contributed by atoms with Crippen molar-refractivity contribution in [3.05, 3.63) is 24.3 Å². The number of carbonyl (C=O) groups excluding carboxylic acids is 2. The molecule has 2 unspecified atom stereocenters. The van der Waals surface area contributed by atoms with Gasteiger partial charge in [-0.05, 0) is 49.4 Å². The fourth-order valence-electron chi connectivity index (χ4n) is 3.40. The van der Waals surface area contributed by atoms with Gasteiger partial charge >= 0.3 is 0 Å². The normalized spacial score (nSPS) is 23.1. The van der Waals surface area contributed by atoms with E-state index < -0.39 is 10.0 Å². The number of sulfonamides is 1. The molecule has 9 heteroatoms. The van der Waals surface area contributed by atoms with Crippen LogP contribution >= 0.6 is 0 Å². The highest BCUT2D eigenvalue weighted by molar-refractivity contribution is 7.89. The number of ether oxygens (including phenoxy) is 1. The molecule has 8 nitrogen and oxygen atoms in total. The van der Waals surface area contributed by atoms with Gasteiger partial charge in [-0.25, -0.2) is 8.42 Å². The van der Waals surface area contributed by atoms with Crippen molar-refractivity contribution in [3.8, 4) is 5.75 Å². The van der Waals surface area contributed by atoms with E-state index in [1.54, 1.807) is 12.1 Å². The first-order valence-corrected chi connectivity index (χ1v) is 11.0. The highest BCUT2D eigenvalue weighted by Crippen LogP contribution is 2.37. The number of hydrogen-bond donors (Lipinski definition) is 2. The van der Waals surface area contributed by atoms with Crippen LogP contribution in [-0.4, -0.2) is 57.3 Å². The van der Waals surface area contributed by atoms with Crippen LogP contribution in [0.1, 0.15) is 26.2 Å². The van der Waals surface area contributed by atoms with E-state index >= 15 is 0 Å². The number of hydrogen-bond acceptors (Lipinski definition) is 5. The second-order valence-corrected chi connectivity index (χ2v) is 9.40. The number of amides is 2.